The number of benzene rings is 2. The Kier molecular flexibility index (Phi) is 4.68. The van der Waals surface area contributed by atoms with Gasteiger partial charge in [0.15, 0.2) is 0 Å². The molecule has 0 heterocycles. The number of carbonyl (C=O) groups is 2. The molecule has 120 valence electrons. The fourth-order valence-corrected chi connectivity index (χ4v) is 1.92. The first kappa shape index (κ1) is 16.5. The molecule has 1 N–H and O–H groups in total. The lowest BCUT2D eigenvalue weighted by Gasteiger charge is -2.11. The standard InChI is InChI=1S/C16H12F3NO3/c1-10-12(9-21)3-2-4-14(10)20-15(22)11-5-7-13(8-6-11)23-16(17,18)19/h2-9H,1H3,(H,20,22). The zero-order valence-electron chi connectivity index (χ0n) is 12.0. The topological polar surface area (TPSA) is 55.4 Å². The third-order valence-electron chi connectivity index (χ3n) is 3.10. The van der Waals surface area contributed by atoms with Gasteiger partial charge in [-0.05, 0) is 42.8 Å². The molecular weight excluding hydrogens is 311 g/mol. The van der Waals surface area contributed by atoms with Crippen molar-refractivity contribution in [2.24, 2.45) is 0 Å². The van der Waals surface area contributed by atoms with Crippen molar-refractivity contribution in [3.63, 3.8) is 0 Å². The summed E-state index contributed by atoms with van der Waals surface area (Å²) in [6.45, 7) is 1.68. The summed E-state index contributed by atoms with van der Waals surface area (Å²) in [6, 6.07) is 9.40. The van der Waals surface area contributed by atoms with Crippen LogP contribution in [0.25, 0.3) is 0 Å². The van der Waals surface area contributed by atoms with E-state index in [4.69, 9.17) is 0 Å². The van der Waals surface area contributed by atoms with Gasteiger partial charge >= 0.3 is 6.36 Å². The Labute approximate surface area is 129 Å². The first-order valence-corrected chi connectivity index (χ1v) is 6.52. The van der Waals surface area contributed by atoms with Crippen LogP contribution < -0.4 is 10.1 Å². The number of carbonyl (C=O) groups excluding carboxylic acids is 2. The van der Waals surface area contributed by atoms with Gasteiger partial charge in [-0.15, -0.1) is 13.2 Å². The molecule has 0 fully saturated rings. The Morgan fingerprint density at radius 1 is 1.13 bits per heavy atom. The number of alkyl halides is 3. The van der Waals surface area contributed by atoms with Crippen molar-refractivity contribution in [3.05, 3.63) is 59.2 Å². The molecule has 0 radical (unpaired) electrons. The highest BCUT2D eigenvalue weighted by molar-refractivity contribution is 6.05. The Morgan fingerprint density at radius 3 is 2.35 bits per heavy atom. The molecule has 0 saturated carbocycles. The van der Waals surface area contributed by atoms with Gasteiger partial charge in [0.2, 0.25) is 0 Å². The van der Waals surface area contributed by atoms with Gasteiger partial charge < -0.3 is 10.1 Å². The Hall–Kier alpha value is -2.83. The van der Waals surface area contributed by atoms with Crippen molar-refractivity contribution in [2.45, 2.75) is 13.3 Å². The molecule has 0 unspecified atom stereocenters. The second-order valence-electron chi connectivity index (χ2n) is 4.66. The number of rotatable bonds is 4. The van der Waals surface area contributed by atoms with Crippen molar-refractivity contribution < 1.29 is 27.5 Å². The zero-order valence-corrected chi connectivity index (χ0v) is 12.0. The Balaban J connectivity index is 2.14. The Morgan fingerprint density at radius 2 is 1.78 bits per heavy atom. The van der Waals surface area contributed by atoms with Crippen LogP contribution in [0.4, 0.5) is 18.9 Å². The van der Waals surface area contributed by atoms with Gasteiger partial charge in [-0.1, -0.05) is 12.1 Å². The third-order valence-corrected chi connectivity index (χ3v) is 3.10. The van der Waals surface area contributed by atoms with Gasteiger partial charge in [-0.25, -0.2) is 0 Å². The predicted molar refractivity (Wildman–Crippen MR) is 77.6 cm³/mol. The average Bonchev–Trinajstić information content (AvgIpc) is 2.48. The first-order chi connectivity index (χ1) is 10.8. The summed E-state index contributed by atoms with van der Waals surface area (Å²) >= 11 is 0. The molecule has 0 atom stereocenters. The summed E-state index contributed by atoms with van der Waals surface area (Å²) in [5, 5.41) is 2.61. The van der Waals surface area contributed by atoms with Crippen LogP contribution in [0.3, 0.4) is 0 Å². The molecule has 0 aliphatic heterocycles. The van der Waals surface area contributed by atoms with Crippen LogP contribution in [0.2, 0.25) is 0 Å². The molecule has 0 aromatic heterocycles. The van der Waals surface area contributed by atoms with Gasteiger partial charge in [-0.2, -0.15) is 0 Å². The quantitative estimate of drug-likeness (QED) is 0.867. The number of ether oxygens (including phenoxy) is 1. The fourth-order valence-electron chi connectivity index (χ4n) is 1.92. The highest BCUT2D eigenvalue weighted by Gasteiger charge is 2.31. The van der Waals surface area contributed by atoms with Crippen LogP contribution in [0.5, 0.6) is 5.75 Å². The molecule has 7 heteroatoms. The lowest BCUT2D eigenvalue weighted by molar-refractivity contribution is -0.274. The molecule has 0 bridgehead atoms. The molecule has 23 heavy (non-hydrogen) atoms. The summed E-state index contributed by atoms with van der Waals surface area (Å²) in [5.41, 5.74) is 1.66. The van der Waals surface area contributed by atoms with E-state index in [-0.39, 0.29) is 5.56 Å². The van der Waals surface area contributed by atoms with Crippen LogP contribution in [-0.2, 0) is 0 Å². The van der Waals surface area contributed by atoms with Crippen molar-refractivity contribution >= 4 is 17.9 Å². The van der Waals surface area contributed by atoms with Gasteiger partial charge in [0.25, 0.3) is 5.91 Å². The number of anilines is 1. The maximum absolute atomic E-state index is 12.1. The molecule has 0 spiro atoms. The molecule has 4 nitrogen and oxygen atoms in total. The fraction of sp³-hybridized carbons (Fsp3) is 0.125. The molecule has 0 aliphatic rings. The number of hydrogen-bond acceptors (Lipinski definition) is 3. The molecule has 2 aromatic carbocycles. The number of nitrogens with one attached hydrogen (secondary N) is 1. The minimum Gasteiger partial charge on any atom is -0.406 e. The van der Waals surface area contributed by atoms with Crippen molar-refractivity contribution in [1.82, 2.24) is 0 Å². The first-order valence-electron chi connectivity index (χ1n) is 6.52. The molecular formula is C16H12F3NO3. The second-order valence-corrected chi connectivity index (χ2v) is 4.66. The maximum atomic E-state index is 12.1. The molecule has 2 rings (SSSR count). The van der Waals surface area contributed by atoms with E-state index in [9.17, 15) is 22.8 Å². The van der Waals surface area contributed by atoms with Crippen molar-refractivity contribution in [3.8, 4) is 5.75 Å². The SMILES string of the molecule is Cc1c(C=O)cccc1NC(=O)c1ccc(OC(F)(F)F)cc1. The lowest BCUT2D eigenvalue weighted by atomic mass is 10.1. The van der Waals surface area contributed by atoms with Crippen LogP contribution in [0.15, 0.2) is 42.5 Å². The van der Waals surface area contributed by atoms with Gasteiger partial charge in [0.1, 0.15) is 12.0 Å². The molecule has 2 aromatic rings. The van der Waals surface area contributed by atoms with E-state index in [1.165, 1.54) is 12.1 Å². The minimum absolute atomic E-state index is 0.162. The summed E-state index contributed by atoms with van der Waals surface area (Å²) < 4.78 is 40.0. The Bertz CT molecular complexity index is 724. The molecule has 1 amide bonds. The largest absolute Gasteiger partial charge is 0.573 e. The van der Waals surface area contributed by atoms with E-state index >= 15 is 0 Å². The van der Waals surface area contributed by atoms with Gasteiger partial charge in [0, 0.05) is 16.8 Å². The lowest BCUT2D eigenvalue weighted by Crippen LogP contribution is -2.17. The number of amides is 1. The number of halogens is 3. The van der Waals surface area contributed by atoms with Crippen molar-refractivity contribution in [2.75, 3.05) is 5.32 Å². The van der Waals surface area contributed by atoms with Gasteiger partial charge in [0.05, 0.1) is 0 Å². The van der Waals surface area contributed by atoms with E-state index in [1.807, 2.05) is 0 Å². The van der Waals surface area contributed by atoms with E-state index in [1.54, 1.807) is 25.1 Å². The summed E-state index contributed by atoms with van der Waals surface area (Å²) in [6.07, 6.45) is -4.11. The van der Waals surface area contributed by atoms with Crippen LogP contribution >= 0.6 is 0 Å². The van der Waals surface area contributed by atoms with Crippen molar-refractivity contribution in [1.29, 1.82) is 0 Å². The smallest absolute Gasteiger partial charge is 0.406 e. The van der Waals surface area contributed by atoms with Crippen LogP contribution in [0.1, 0.15) is 26.3 Å². The average molecular weight is 323 g/mol. The summed E-state index contributed by atoms with van der Waals surface area (Å²) in [7, 11) is 0. The molecule has 0 saturated heterocycles. The van der Waals surface area contributed by atoms with Gasteiger partial charge in [-0.3, -0.25) is 9.59 Å². The van der Waals surface area contributed by atoms with Crippen LogP contribution in [-0.4, -0.2) is 18.6 Å². The molecule has 0 aliphatic carbocycles. The minimum atomic E-state index is -4.78. The summed E-state index contributed by atoms with van der Waals surface area (Å²) in [5.74, 6) is -0.914. The summed E-state index contributed by atoms with van der Waals surface area (Å²) in [4.78, 5) is 23.0. The number of aldehydes is 1. The highest BCUT2D eigenvalue weighted by atomic mass is 19.4. The second kappa shape index (κ2) is 6.51. The maximum Gasteiger partial charge on any atom is 0.573 e. The van der Waals surface area contributed by atoms with E-state index in [0.717, 1.165) is 12.1 Å². The van der Waals surface area contributed by atoms with E-state index < -0.39 is 18.0 Å². The van der Waals surface area contributed by atoms with E-state index in [0.29, 0.717) is 23.1 Å². The van der Waals surface area contributed by atoms with Crippen LogP contribution in [0, 0.1) is 6.92 Å². The van der Waals surface area contributed by atoms with E-state index in [2.05, 4.69) is 10.1 Å². The third kappa shape index (κ3) is 4.32. The monoisotopic (exact) mass is 323 g/mol. The zero-order chi connectivity index (χ0) is 17.0. The normalized spacial score (nSPS) is 11.0. The predicted octanol–water partition coefficient (Wildman–Crippen LogP) is 3.96. The highest BCUT2D eigenvalue weighted by Crippen LogP contribution is 2.23. The number of hydrogen-bond donors (Lipinski definition) is 1.